The van der Waals surface area contributed by atoms with Crippen LogP contribution in [0.1, 0.15) is 57.3 Å². The molecular weight excluding hydrogens is 342 g/mol. The van der Waals surface area contributed by atoms with Crippen LogP contribution in [0.3, 0.4) is 0 Å². The summed E-state index contributed by atoms with van der Waals surface area (Å²) in [5.41, 5.74) is 1.19. The third-order valence-electron chi connectivity index (χ3n) is 4.76. The third-order valence-corrected chi connectivity index (χ3v) is 4.76. The number of carbonyl (C=O) groups excluding carboxylic acids is 3. The van der Waals surface area contributed by atoms with Gasteiger partial charge in [-0.05, 0) is 49.4 Å². The monoisotopic (exact) mass is 373 g/mol. The fourth-order valence-electron chi connectivity index (χ4n) is 3.03. The molecule has 1 aromatic rings. The van der Waals surface area contributed by atoms with Gasteiger partial charge in [-0.1, -0.05) is 27.7 Å². The Hall–Kier alpha value is -2.37. The van der Waals surface area contributed by atoms with E-state index >= 15 is 0 Å². The molecule has 1 fully saturated rings. The number of amides is 3. The zero-order valence-corrected chi connectivity index (χ0v) is 16.7. The summed E-state index contributed by atoms with van der Waals surface area (Å²) >= 11 is 0. The van der Waals surface area contributed by atoms with Gasteiger partial charge in [-0.15, -0.1) is 0 Å². The number of benzene rings is 1. The predicted octanol–water partition coefficient (Wildman–Crippen LogP) is 3.05. The van der Waals surface area contributed by atoms with Crippen molar-refractivity contribution in [2.45, 2.75) is 53.0 Å². The average molecular weight is 373 g/mol. The summed E-state index contributed by atoms with van der Waals surface area (Å²) < 4.78 is 0. The van der Waals surface area contributed by atoms with Crippen molar-refractivity contribution in [1.82, 2.24) is 10.2 Å². The summed E-state index contributed by atoms with van der Waals surface area (Å²) in [6, 6.07) is 6.45. The van der Waals surface area contributed by atoms with E-state index in [4.69, 9.17) is 0 Å². The standard InChI is InChI=1S/C21H31N3O3/c1-14(2)11-12-22-20(26)18-6-5-13-24(18)21(27)16-7-9-17(10-8-16)23-19(25)15(3)4/h7-10,14-15,18H,5-6,11-13H2,1-4H3,(H,22,26)(H,23,25)/t18-/m1/s1. The van der Waals surface area contributed by atoms with Crippen LogP contribution in [-0.2, 0) is 9.59 Å². The Morgan fingerprint density at radius 1 is 1.11 bits per heavy atom. The molecule has 1 heterocycles. The largest absolute Gasteiger partial charge is 0.354 e. The Kier molecular flexibility index (Phi) is 7.39. The molecule has 27 heavy (non-hydrogen) atoms. The second-order valence-electron chi connectivity index (χ2n) is 7.85. The summed E-state index contributed by atoms with van der Waals surface area (Å²) in [5.74, 6) is 0.152. The van der Waals surface area contributed by atoms with Crippen molar-refractivity contribution >= 4 is 23.4 Å². The van der Waals surface area contributed by atoms with Crippen LogP contribution in [-0.4, -0.2) is 41.8 Å². The number of nitrogens with zero attached hydrogens (tertiary/aromatic N) is 1. The highest BCUT2D eigenvalue weighted by molar-refractivity contribution is 5.99. The number of anilines is 1. The van der Waals surface area contributed by atoms with Crippen LogP contribution in [0.15, 0.2) is 24.3 Å². The lowest BCUT2D eigenvalue weighted by Crippen LogP contribution is -2.46. The minimum absolute atomic E-state index is 0.0632. The van der Waals surface area contributed by atoms with E-state index in [1.807, 2.05) is 13.8 Å². The van der Waals surface area contributed by atoms with Crippen molar-refractivity contribution in [3.8, 4) is 0 Å². The van der Waals surface area contributed by atoms with E-state index in [0.29, 0.717) is 36.7 Å². The Bertz CT molecular complexity index is 668. The summed E-state index contributed by atoms with van der Waals surface area (Å²) in [5, 5.41) is 5.76. The van der Waals surface area contributed by atoms with Gasteiger partial charge >= 0.3 is 0 Å². The second kappa shape index (κ2) is 9.53. The van der Waals surface area contributed by atoms with Crippen molar-refractivity contribution in [2.24, 2.45) is 11.8 Å². The first kappa shape index (κ1) is 20.9. The maximum atomic E-state index is 12.8. The van der Waals surface area contributed by atoms with Crippen LogP contribution in [0.5, 0.6) is 0 Å². The topological polar surface area (TPSA) is 78.5 Å². The van der Waals surface area contributed by atoms with Gasteiger partial charge in [0, 0.05) is 30.3 Å². The Labute approximate surface area is 161 Å². The van der Waals surface area contributed by atoms with E-state index in [0.717, 1.165) is 12.8 Å². The molecule has 1 aliphatic rings. The maximum Gasteiger partial charge on any atom is 0.254 e. The van der Waals surface area contributed by atoms with E-state index in [-0.39, 0.29) is 23.6 Å². The van der Waals surface area contributed by atoms with E-state index in [2.05, 4.69) is 24.5 Å². The van der Waals surface area contributed by atoms with E-state index in [9.17, 15) is 14.4 Å². The molecule has 0 saturated carbocycles. The van der Waals surface area contributed by atoms with Crippen molar-refractivity contribution in [1.29, 1.82) is 0 Å². The van der Waals surface area contributed by atoms with Gasteiger partial charge in [-0.2, -0.15) is 0 Å². The van der Waals surface area contributed by atoms with Crippen LogP contribution in [0, 0.1) is 11.8 Å². The molecule has 0 bridgehead atoms. The predicted molar refractivity (Wildman–Crippen MR) is 106 cm³/mol. The molecule has 1 atom stereocenters. The number of carbonyl (C=O) groups is 3. The van der Waals surface area contributed by atoms with Gasteiger partial charge in [0.2, 0.25) is 11.8 Å². The molecule has 1 aromatic carbocycles. The Morgan fingerprint density at radius 2 is 1.78 bits per heavy atom. The van der Waals surface area contributed by atoms with Crippen LogP contribution in [0.2, 0.25) is 0 Å². The van der Waals surface area contributed by atoms with Crippen molar-refractivity contribution < 1.29 is 14.4 Å². The molecule has 0 aromatic heterocycles. The first-order valence-corrected chi connectivity index (χ1v) is 9.79. The minimum Gasteiger partial charge on any atom is -0.354 e. The van der Waals surface area contributed by atoms with Crippen LogP contribution in [0.4, 0.5) is 5.69 Å². The van der Waals surface area contributed by atoms with Gasteiger partial charge in [0.25, 0.3) is 5.91 Å². The Balaban J connectivity index is 1.98. The van der Waals surface area contributed by atoms with Crippen LogP contribution < -0.4 is 10.6 Å². The van der Waals surface area contributed by atoms with Crippen LogP contribution >= 0.6 is 0 Å². The van der Waals surface area contributed by atoms with Gasteiger partial charge in [-0.3, -0.25) is 14.4 Å². The zero-order chi connectivity index (χ0) is 20.0. The normalized spacial score (nSPS) is 16.7. The van der Waals surface area contributed by atoms with Gasteiger partial charge in [0.1, 0.15) is 6.04 Å². The number of hydrogen-bond acceptors (Lipinski definition) is 3. The molecule has 2 N–H and O–H groups in total. The smallest absolute Gasteiger partial charge is 0.254 e. The highest BCUT2D eigenvalue weighted by atomic mass is 16.2. The van der Waals surface area contributed by atoms with Gasteiger partial charge in [0.15, 0.2) is 0 Å². The van der Waals surface area contributed by atoms with Crippen molar-refractivity contribution in [2.75, 3.05) is 18.4 Å². The number of rotatable bonds is 7. The second-order valence-corrected chi connectivity index (χ2v) is 7.85. The zero-order valence-electron chi connectivity index (χ0n) is 16.7. The average Bonchev–Trinajstić information content (AvgIpc) is 3.11. The molecule has 0 spiro atoms. The fraction of sp³-hybridized carbons (Fsp3) is 0.571. The van der Waals surface area contributed by atoms with Gasteiger partial charge in [0.05, 0.1) is 0 Å². The SMILES string of the molecule is CC(C)CCNC(=O)[C@H]1CCCN1C(=O)c1ccc(NC(=O)C(C)C)cc1. The highest BCUT2D eigenvalue weighted by Crippen LogP contribution is 2.21. The van der Waals surface area contributed by atoms with Gasteiger partial charge in [-0.25, -0.2) is 0 Å². The lowest BCUT2D eigenvalue weighted by Gasteiger charge is -2.24. The number of likely N-dealkylation sites (tertiary alicyclic amines) is 1. The van der Waals surface area contributed by atoms with Crippen molar-refractivity contribution in [3.63, 3.8) is 0 Å². The molecule has 1 saturated heterocycles. The summed E-state index contributed by atoms with van der Waals surface area (Å²) in [4.78, 5) is 38.7. The molecule has 2 rings (SSSR count). The minimum atomic E-state index is -0.398. The first-order valence-electron chi connectivity index (χ1n) is 9.79. The van der Waals surface area contributed by atoms with Gasteiger partial charge < -0.3 is 15.5 Å². The summed E-state index contributed by atoms with van der Waals surface area (Å²) in [6.45, 7) is 9.11. The molecule has 6 heteroatoms. The lowest BCUT2D eigenvalue weighted by atomic mass is 10.1. The fourth-order valence-corrected chi connectivity index (χ4v) is 3.03. The van der Waals surface area contributed by atoms with E-state index in [1.165, 1.54) is 0 Å². The molecule has 6 nitrogen and oxygen atoms in total. The summed E-state index contributed by atoms with van der Waals surface area (Å²) in [6.07, 6.45) is 2.45. The molecule has 1 aliphatic heterocycles. The third kappa shape index (κ3) is 5.81. The molecule has 3 amide bonds. The maximum absolute atomic E-state index is 12.8. The molecule has 148 valence electrons. The molecular formula is C21H31N3O3. The lowest BCUT2D eigenvalue weighted by molar-refractivity contribution is -0.124. The van der Waals surface area contributed by atoms with E-state index in [1.54, 1.807) is 29.2 Å². The molecule has 0 radical (unpaired) electrons. The number of nitrogens with one attached hydrogen (secondary N) is 2. The van der Waals surface area contributed by atoms with Crippen LogP contribution in [0.25, 0.3) is 0 Å². The molecule has 0 aliphatic carbocycles. The van der Waals surface area contributed by atoms with Crippen molar-refractivity contribution in [3.05, 3.63) is 29.8 Å². The highest BCUT2D eigenvalue weighted by Gasteiger charge is 2.34. The quantitative estimate of drug-likeness (QED) is 0.771. The summed E-state index contributed by atoms with van der Waals surface area (Å²) in [7, 11) is 0. The van der Waals surface area contributed by atoms with E-state index < -0.39 is 6.04 Å². The number of hydrogen-bond donors (Lipinski definition) is 2. The Morgan fingerprint density at radius 3 is 2.37 bits per heavy atom. The first-order chi connectivity index (χ1) is 12.8. The molecule has 0 unspecified atom stereocenters.